The van der Waals surface area contributed by atoms with E-state index in [0.717, 1.165) is 37.7 Å². The van der Waals surface area contributed by atoms with E-state index in [1.165, 1.54) is 4.31 Å². The number of nitrogens with zero attached hydrogens (tertiary/aromatic N) is 1. The lowest BCUT2D eigenvalue weighted by atomic mass is 9.70. The number of hydrogen-bond acceptors (Lipinski definition) is 5. The topological polar surface area (TPSA) is 113 Å². The van der Waals surface area contributed by atoms with Crippen LogP contribution in [0.4, 0.5) is 0 Å². The first-order valence-corrected chi connectivity index (χ1v) is 16.2. The summed E-state index contributed by atoms with van der Waals surface area (Å²) in [6.45, 7) is 6.55. The minimum atomic E-state index is -3.70. The third kappa shape index (κ3) is 5.17. The maximum Gasteiger partial charge on any atom is 0.251 e. The normalized spacial score (nSPS) is 32.6. The van der Waals surface area contributed by atoms with E-state index in [-0.39, 0.29) is 53.3 Å². The number of nitrogens with one attached hydrogen (secondary N) is 2. The number of aryl methyl sites for hydroxylation is 1. The van der Waals surface area contributed by atoms with Gasteiger partial charge in [0, 0.05) is 42.6 Å². The monoisotopic (exact) mass is 557 g/mol. The van der Waals surface area contributed by atoms with Crippen LogP contribution < -0.4 is 10.6 Å². The van der Waals surface area contributed by atoms with Crippen molar-refractivity contribution in [3.63, 3.8) is 0 Å². The van der Waals surface area contributed by atoms with E-state index in [9.17, 15) is 22.8 Å². The number of Topliss-reactive ketones (excluding diaryl/α,β-unsaturated/α-hetero) is 1. The van der Waals surface area contributed by atoms with Crippen molar-refractivity contribution in [1.82, 2.24) is 14.9 Å². The molecule has 0 radical (unpaired) electrons. The lowest BCUT2D eigenvalue weighted by Crippen LogP contribution is -2.56. The quantitative estimate of drug-likeness (QED) is 0.532. The average Bonchev–Trinajstić information content (AvgIpc) is 3.24. The second-order valence-corrected chi connectivity index (χ2v) is 14.9. The molecular formula is C30H43N3O5S. The van der Waals surface area contributed by atoms with E-state index in [1.54, 1.807) is 0 Å². The maximum absolute atomic E-state index is 13.6. The Morgan fingerprint density at radius 2 is 1.69 bits per heavy atom. The lowest BCUT2D eigenvalue weighted by Gasteiger charge is -2.39. The highest BCUT2D eigenvalue weighted by Crippen LogP contribution is 2.64. The number of benzene rings is 1. The van der Waals surface area contributed by atoms with Gasteiger partial charge in [-0.1, -0.05) is 44.9 Å². The van der Waals surface area contributed by atoms with Crippen LogP contribution in [0, 0.1) is 29.6 Å². The van der Waals surface area contributed by atoms with Crippen molar-refractivity contribution in [2.45, 2.75) is 90.6 Å². The molecule has 1 aliphatic heterocycles. The lowest BCUT2D eigenvalue weighted by molar-refractivity contribution is -0.128. The molecule has 1 saturated heterocycles. The average molecular weight is 558 g/mol. The molecule has 2 N–H and O–H groups in total. The Bertz CT molecular complexity index is 1240. The predicted octanol–water partition coefficient (Wildman–Crippen LogP) is 3.59. The number of hydrogen-bond donors (Lipinski definition) is 2. The number of piperidine rings is 1. The number of rotatable bonds is 7. The van der Waals surface area contributed by atoms with E-state index in [1.807, 2.05) is 31.2 Å². The van der Waals surface area contributed by atoms with Crippen LogP contribution in [0.1, 0.15) is 87.6 Å². The van der Waals surface area contributed by atoms with Gasteiger partial charge in [-0.15, -0.1) is 0 Å². The van der Waals surface area contributed by atoms with Crippen molar-refractivity contribution in [3.05, 3.63) is 35.4 Å². The van der Waals surface area contributed by atoms with Gasteiger partial charge in [-0.25, -0.2) is 12.7 Å². The summed E-state index contributed by atoms with van der Waals surface area (Å²) >= 11 is 0. The van der Waals surface area contributed by atoms with Gasteiger partial charge in [0.1, 0.15) is 5.78 Å². The molecule has 3 saturated carbocycles. The van der Waals surface area contributed by atoms with Crippen LogP contribution in [0.3, 0.4) is 0 Å². The molecule has 4 aliphatic rings. The van der Waals surface area contributed by atoms with Gasteiger partial charge in [-0.05, 0) is 68.4 Å². The minimum absolute atomic E-state index is 0.0923. The fourth-order valence-electron chi connectivity index (χ4n) is 7.77. The highest BCUT2D eigenvalue weighted by Gasteiger charge is 2.65. The molecule has 1 heterocycles. The Kier molecular flexibility index (Phi) is 7.70. The summed E-state index contributed by atoms with van der Waals surface area (Å²) in [7, 11) is -3.70. The summed E-state index contributed by atoms with van der Waals surface area (Å²) < 4.78 is 28.8. The first-order valence-electron chi connectivity index (χ1n) is 14.6. The van der Waals surface area contributed by atoms with Gasteiger partial charge in [0.15, 0.2) is 0 Å². The molecule has 39 heavy (non-hydrogen) atoms. The molecule has 5 atom stereocenters. The van der Waals surface area contributed by atoms with Crippen molar-refractivity contribution in [1.29, 1.82) is 0 Å². The number of sulfonamides is 1. The third-order valence-electron chi connectivity index (χ3n) is 10.5. The summed E-state index contributed by atoms with van der Waals surface area (Å²) in [5.41, 5.74) is 0.419. The Labute approximate surface area is 232 Å². The SMILES string of the molecule is Cc1ccccc1C(=O)N[C@@H]1CCCC[C@H]1NC(=O)[C@H]1CCCN(S(=O)(=O)C[C@]23CC[C@@H](CC2=O)C3(C)C)C1. The molecule has 8 nitrogen and oxygen atoms in total. The molecule has 9 heteroatoms. The molecule has 2 bridgehead atoms. The molecule has 0 unspecified atom stereocenters. The number of ketones is 1. The summed E-state index contributed by atoms with van der Waals surface area (Å²) in [5, 5.41) is 6.31. The van der Waals surface area contributed by atoms with Gasteiger partial charge in [-0.3, -0.25) is 14.4 Å². The van der Waals surface area contributed by atoms with Gasteiger partial charge < -0.3 is 10.6 Å². The fraction of sp³-hybridized carbons (Fsp3) is 0.700. The first-order chi connectivity index (χ1) is 18.4. The van der Waals surface area contributed by atoms with Crippen LogP contribution in [-0.4, -0.2) is 61.2 Å². The maximum atomic E-state index is 13.6. The van der Waals surface area contributed by atoms with Crippen molar-refractivity contribution < 1.29 is 22.8 Å². The summed E-state index contributed by atoms with van der Waals surface area (Å²) in [6.07, 6.45) is 6.79. The number of fused-ring (bicyclic) bond motifs is 2. The third-order valence-corrected chi connectivity index (χ3v) is 12.5. The van der Waals surface area contributed by atoms with Gasteiger partial charge in [0.25, 0.3) is 5.91 Å². The zero-order valence-corrected chi connectivity index (χ0v) is 24.3. The van der Waals surface area contributed by atoms with E-state index in [0.29, 0.717) is 37.8 Å². The zero-order chi connectivity index (χ0) is 28.0. The van der Waals surface area contributed by atoms with Crippen molar-refractivity contribution >= 4 is 27.6 Å². The first kappa shape index (κ1) is 28.3. The molecule has 3 aliphatic carbocycles. The Morgan fingerprint density at radius 1 is 1.00 bits per heavy atom. The van der Waals surface area contributed by atoms with Gasteiger partial charge in [0.2, 0.25) is 15.9 Å². The summed E-state index contributed by atoms with van der Waals surface area (Å²) in [4.78, 5) is 39.4. The molecule has 0 aromatic heterocycles. The standard InChI is InChI=1S/C30H43N3O5S/c1-20-9-4-5-11-23(20)28(36)32-25-13-7-6-12-24(25)31-27(35)21-10-8-16-33(18-21)39(37,38)19-30-15-14-22(17-26(30)34)29(30,2)3/h4-5,9,11,21-22,24-25H,6-8,10,12-19H2,1-3H3,(H,31,35)(H,32,36)/t21-,22-,24+,25+,30+/m0/s1. The Balaban J connectivity index is 1.23. The van der Waals surface area contributed by atoms with Gasteiger partial charge in [-0.2, -0.15) is 0 Å². The van der Waals surface area contributed by atoms with Crippen LogP contribution in [-0.2, 0) is 19.6 Å². The smallest absolute Gasteiger partial charge is 0.251 e. The predicted molar refractivity (Wildman–Crippen MR) is 149 cm³/mol. The van der Waals surface area contributed by atoms with E-state index in [4.69, 9.17) is 0 Å². The van der Waals surface area contributed by atoms with Crippen LogP contribution in [0.5, 0.6) is 0 Å². The van der Waals surface area contributed by atoms with Gasteiger partial charge in [0.05, 0.1) is 11.7 Å². The molecule has 214 valence electrons. The number of carbonyl (C=O) groups excluding carboxylic acids is 3. The van der Waals surface area contributed by atoms with Gasteiger partial charge >= 0.3 is 0 Å². The van der Waals surface area contributed by atoms with E-state index >= 15 is 0 Å². The van der Waals surface area contributed by atoms with Crippen LogP contribution in [0.25, 0.3) is 0 Å². The second-order valence-electron chi connectivity index (χ2n) is 12.9. The fourth-order valence-corrected chi connectivity index (χ4v) is 10.1. The molecule has 1 aromatic rings. The van der Waals surface area contributed by atoms with Crippen LogP contribution in [0.15, 0.2) is 24.3 Å². The highest BCUT2D eigenvalue weighted by atomic mass is 32.2. The molecule has 2 amide bonds. The molecule has 4 fully saturated rings. The summed E-state index contributed by atoms with van der Waals surface area (Å²) in [5.74, 6) is -0.513. The van der Waals surface area contributed by atoms with Crippen molar-refractivity contribution in [2.24, 2.45) is 22.7 Å². The highest BCUT2D eigenvalue weighted by molar-refractivity contribution is 7.89. The molecule has 0 spiro atoms. The Morgan fingerprint density at radius 3 is 2.33 bits per heavy atom. The largest absolute Gasteiger partial charge is 0.351 e. The molecule has 1 aromatic carbocycles. The number of carbonyl (C=O) groups is 3. The second kappa shape index (κ2) is 10.6. The van der Waals surface area contributed by atoms with Crippen molar-refractivity contribution in [3.8, 4) is 0 Å². The van der Waals surface area contributed by atoms with Crippen LogP contribution >= 0.6 is 0 Å². The minimum Gasteiger partial charge on any atom is -0.351 e. The number of amides is 2. The van der Waals surface area contributed by atoms with Crippen LogP contribution in [0.2, 0.25) is 0 Å². The van der Waals surface area contributed by atoms with E-state index < -0.39 is 21.4 Å². The van der Waals surface area contributed by atoms with Crippen molar-refractivity contribution in [2.75, 3.05) is 18.8 Å². The molecule has 5 rings (SSSR count). The molecular weight excluding hydrogens is 514 g/mol. The zero-order valence-electron chi connectivity index (χ0n) is 23.5. The Hall–Kier alpha value is -2.26. The summed E-state index contributed by atoms with van der Waals surface area (Å²) in [6, 6.07) is 7.12. The van der Waals surface area contributed by atoms with E-state index in [2.05, 4.69) is 24.5 Å².